The fourth-order valence-electron chi connectivity index (χ4n) is 3.64. The van der Waals surface area contributed by atoms with Gasteiger partial charge in [-0.2, -0.15) is 0 Å². The Hall–Kier alpha value is -3.82. The number of carbonyl (C=O) groups excluding carboxylic acids is 1. The number of carbonyl (C=O) groups is 1. The second-order valence-electron chi connectivity index (χ2n) is 8.13. The van der Waals surface area contributed by atoms with E-state index >= 15 is 0 Å². The Kier molecular flexibility index (Phi) is 7.49. The summed E-state index contributed by atoms with van der Waals surface area (Å²) in [5, 5.41) is 15.3. The zero-order valence-electron chi connectivity index (χ0n) is 19.7. The van der Waals surface area contributed by atoms with Crippen LogP contribution in [-0.2, 0) is 12.2 Å². The molecule has 1 N–H and O–H groups in total. The molecule has 5 aromatic rings. The Labute approximate surface area is 217 Å². The zero-order chi connectivity index (χ0) is 24.7. The molecule has 5 rings (SSSR count). The summed E-state index contributed by atoms with van der Waals surface area (Å²) >= 11 is 3.01. The van der Waals surface area contributed by atoms with E-state index in [2.05, 4.69) is 68.8 Å². The Morgan fingerprint density at radius 1 is 1.03 bits per heavy atom. The van der Waals surface area contributed by atoms with Gasteiger partial charge < -0.3 is 5.32 Å². The quantitative estimate of drug-likeness (QED) is 0.268. The van der Waals surface area contributed by atoms with E-state index in [0.717, 1.165) is 33.7 Å². The third-order valence-corrected chi connectivity index (χ3v) is 7.47. The molecule has 0 radical (unpaired) electrons. The zero-order valence-corrected chi connectivity index (χ0v) is 21.3. The summed E-state index contributed by atoms with van der Waals surface area (Å²) < 4.78 is 2.03. The highest BCUT2D eigenvalue weighted by Gasteiger charge is 2.18. The summed E-state index contributed by atoms with van der Waals surface area (Å²) in [6.07, 6.45) is 4.31. The van der Waals surface area contributed by atoms with Crippen LogP contribution < -0.4 is 5.32 Å². The van der Waals surface area contributed by atoms with Crippen LogP contribution in [-0.4, -0.2) is 37.2 Å². The number of thiazole rings is 1. The van der Waals surface area contributed by atoms with Crippen LogP contribution in [0.2, 0.25) is 0 Å². The van der Waals surface area contributed by atoms with Crippen LogP contribution in [0, 0.1) is 6.92 Å². The number of amides is 1. The summed E-state index contributed by atoms with van der Waals surface area (Å²) in [7, 11) is 0. The van der Waals surface area contributed by atoms with Gasteiger partial charge in [-0.25, -0.2) is 4.98 Å². The molecule has 180 valence electrons. The highest BCUT2D eigenvalue weighted by Crippen LogP contribution is 2.30. The molecule has 0 bridgehead atoms. The Balaban J connectivity index is 1.28. The molecule has 3 heterocycles. The molecular formula is C27H24N6OS2. The number of pyridine rings is 1. The van der Waals surface area contributed by atoms with Gasteiger partial charge >= 0.3 is 0 Å². The van der Waals surface area contributed by atoms with Gasteiger partial charge in [-0.1, -0.05) is 59.8 Å². The van der Waals surface area contributed by atoms with Crippen molar-refractivity contribution in [2.24, 2.45) is 0 Å². The van der Waals surface area contributed by atoms with Crippen LogP contribution in [0.4, 0.5) is 0 Å². The third-order valence-electron chi connectivity index (χ3n) is 5.50. The molecular weight excluding hydrogens is 488 g/mol. The number of nitrogens with zero attached hydrogens (tertiary/aromatic N) is 5. The number of nitrogens with one attached hydrogen (secondary N) is 1. The van der Waals surface area contributed by atoms with Crippen molar-refractivity contribution in [3.05, 3.63) is 106 Å². The van der Waals surface area contributed by atoms with Crippen LogP contribution >= 0.6 is 23.1 Å². The van der Waals surface area contributed by atoms with Gasteiger partial charge in [0.15, 0.2) is 11.0 Å². The van der Waals surface area contributed by atoms with E-state index in [9.17, 15) is 4.79 Å². The first-order valence-corrected chi connectivity index (χ1v) is 13.4. The lowest BCUT2D eigenvalue weighted by Gasteiger charge is -2.10. The van der Waals surface area contributed by atoms with Gasteiger partial charge in [0.25, 0.3) is 5.91 Å². The van der Waals surface area contributed by atoms with Gasteiger partial charge in [0.1, 0.15) is 10.7 Å². The predicted molar refractivity (Wildman–Crippen MR) is 143 cm³/mol. The van der Waals surface area contributed by atoms with Crippen LogP contribution in [0.3, 0.4) is 0 Å². The first-order valence-electron chi connectivity index (χ1n) is 11.5. The first-order chi connectivity index (χ1) is 17.7. The molecule has 7 nitrogen and oxygen atoms in total. The van der Waals surface area contributed by atoms with E-state index in [1.54, 1.807) is 29.5 Å². The molecule has 2 aromatic carbocycles. The SMILES string of the molecule is Cc1ccc(-n2c(SCc3nc(C(=O)NCCc4ccccc4)cs3)nnc2-c2cccnc2)cc1. The van der Waals surface area contributed by atoms with E-state index in [-0.39, 0.29) is 5.91 Å². The van der Waals surface area contributed by atoms with Crippen molar-refractivity contribution in [3.63, 3.8) is 0 Å². The fourth-order valence-corrected chi connectivity index (χ4v) is 5.38. The van der Waals surface area contributed by atoms with E-state index in [1.807, 2.05) is 34.9 Å². The number of hydrogen-bond acceptors (Lipinski definition) is 7. The van der Waals surface area contributed by atoms with E-state index in [0.29, 0.717) is 18.0 Å². The highest BCUT2D eigenvalue weighted by molar-refractivity contribution is 7.98. The minimum Gasteiger partial charge on any atom is -0.350 e. The molecule has 1 amide bonds. The summed E-state index contributed by atoms with van der Waals surface area (Å²) in [6.45, 7) is 2.63. The van der Waals surface area contributed by atoms with Gasteiger partial charge in [0.2, 0.25) is 0 Å². The molecule has 0 saturated carbocycles. The van der Waals surface area contributed by atoms with E-state index < -0.39 is 0 Å². The molecule has 3 aromatic heterocycles. The molecule has 36 heavy (non-hydrogen) atoms. The van der Waals surface area contributed by atoms with Crippen molar-refractivity contribution in [2.75, 3.05) is 6.54 Å². The van der Waals surface area contributed by atoms with E-state index in [4.69, 9.17) is 0 Å². The number of aryl methyl sites for hydroxylation is 1. The van der Waals surface area contributed by atoms with Crippen molar-refractivity contribution >= 4 is 29.0 Å². The number of benzene rings is 2. The molecule has 0 atom stereocenters. The van der Waals surface area contributed by atoms with Gasteiger partial charge in [-0.15, -0.1) is 21.5 Å². The van der Waals surface area contributed by atoms with Crippen LogP contribution in [0.15, 0.2) is 89.7 Å². The molecule has 0 unspecified atom stereocenters. The number of aromatic nitrogens is 5. The Bertz CT molecular complexity index is 1430. The third kappa shape index (κ3) is 5.69. The Morgan fingerprint density at radius 3 is 2.64 bits per heavy atom. The van der Waals surface area contributed by atoms with Crippen LogP contribution in [0.5, 0.6) is 0 Å². The van der Waals surface area contributed by atoms with Gasteiger partial charge in [-0.05, 0) is 43.2 Å². The van der Waals surface area contributed by atoms with Crippen LogP contribution in [0.25, 0.3) is 17.1 Å². The van der Waals surface area contributed by atoms with Crippen molar-refractivity contribution in [1.82, 2.24) is 30.0 Å². The molecule has 0 aliphatic heterocycles. The lowest BCUT2D eigenvalue weighted by atomic mass is 10.1. The van der Waals surface area contributed by atoms with Crippen molar-refractivity contribution in [1.29, 1.82) is 0 Å². The summed E-state index contributed by atoms with van der Waals surface area (Å²) in [5.74, 6) is 1.16. The second-order valence-corrected chi connectivity index (χ2v) is 10.0. The fraction of sp³-hybridized carbons (Fsp3) is 0.148. The maximum absolute atomic E-state index is 12.5. The van der Waals surface area contributed by atoms with Gasteiger partial charge in [0.05, 0.1) is 5.75 Å². The maximum Gasteiger partial charge on any atom is 0.270 e. The van der Waals surface area contributed by atoms with Gasteiger partial charge in [-0.3, -0.25) is 14.3 Å². The highest BCUT2D eigenvalue weighted by atomic mass is 32.2. The lowest BCUT2D eigenvalue weighted by molar-refractivity contribution is 0.0949. The van der Waals surface area contributed by atoms with Crippen molar-refractivity contribution < 1.29 is 4.79 Å². The topological polar surface area (TPSA) is 85.6 Å². The number of rotatable bonds is 9. The van der Waals surface area contributed by atoms with Gasteiger partial charge in [0, 0.05) is 35.6 Å². The molecule has 0 spiro atoms. The molecule has 9 heteroatoms. The van der Waals surface area contributed by atoms with E-state index in [1.165, 1.54) is 22.5 Å². The molecule has 0 saturated heterocycles. The van der Waals surface area contributed by atoms with Crippen LogP contribution in [0.1, 0.15) is 26.6 Å². The lowest BCUT2D eigenvalue weighted by Crippen LogP contribution is -2.26. The van der Waals surface area contributed by atoms with Crippen molar-refractivity contribution in [3.8, 4) is 17.1 Å². The predicted octanol–water partition coefficient (Wildman–Crippen LogP) is 5.36. The number of thioether (sulfide) groups is 1. The molecule has 0 aliphatic rings. The minimum atomic E-state index is -0.153. The molecule has 0 aliphatic carbocycles. The smallest absolute Gasteiger partial charge is 0.270 e. The summed E-state index contributed by atoms with van der Waals surface area (Å²) in [5.41, 5.74) is 4.68. The summed E-state index contributed by atoms with van der Waals surface area (Å²) in [4.78, 5) is 21.3. The normalized spacial score (nSPS) is 10.9. The average Bonchev–Trinajstić information content (AvgIpc) is 3.57. The van der Waals surface area contributed by atoms with Crippen molar-refractivity contribution in [2.45, 2.75) is 24.3 Å². The minimum absolute atomic E-state index is 0.153. The molecule has 0 fully saturated rings. The summed E-state index contributed by atoms with van der Waals surface area (Å²) in [6, 6.07) is 22.2. The Morgan fingerprint density at radius 2 is 1.86 bits per heavy atom. The maximum atomic E-state index is 12.5. The largest absolute Gasteiger partial charge is 0.350 e. The first kappa shape index (κ1) is 23.9. The monoisotopic (exact) mass is 512 g/mol. The second kappa shape index (κ2) is 11.3. The number of hydrogen-bond donors (Lipinski definition) is 1. The average molecular weight is 513 g/mol. The standard InChI is InChI=1S/C27H24N6OS2/c1-19-9-11-22(12-10-19)33-25(21-8-5-14-28-16-21)31-32-27(33)36-18-24-30-23(17-35-24)26(34)29-15-13-20-6-3-2-4-7-20/h2-12,14,16-17H,13,15,18H2,1H3,(H,29,34).